The largest absolute Gasteiger partial charge is 0.385 e. The lowest BCUT2D eigenvalue weighted by molar-refractivity contribution is 0.0344. The van der Waals surface area contributed by atoms with Gasteiger partial charge in [-0.05, 0) is 55.7 Å². The monoisotopic (exact) mass is 457 g/mol. The van der Waals surface area contributed by atoms with Gasteiger partial charge in [-0.15, -0.1) is 0 Å². The minimum atomic E-state index is -0.833. The first-order valence-electron chi connectivity index (χ1n) is 10.7. The van der Waals surface area contributed by atoms with E-state index in [1.165, 1.54) is 18.2 Å². The highest BCUT2D eigenvalue weighted by Gasteiger charge is 2.50. The van der Waals surface area contributed by atoms with E-state index >= 15 is 0 Å². The molecule has 0 bridgehead atoms. The van der Waals surface area contributed by atoms with Crippen molar-refractivity contribution >= 4 is 23.2 Å². The number of aromatic nitrogens is 4. The van der Waals surface area contributed by atoms with E-state index in [4.69, 9.17) is 11.6 Å². The maximum Gasteiger partial charge on any atom is 0.274 e. The molecule has 2 N–H and O–H groups in total. The predicted molar refractivity (Wildman–Crippen MR) is 118 cm³/mol. The molecule has 5 rings (SSSR count). The fourth-order valence-corrected chi connectivity index (χ4v) is 5.75. The minimum Gasteiger partial charge on any atom is -0.385 e. The number of nitrogens with one attached hydrogen (secondary N) is 1. The number of aliphatic hydroxyl groups is 1. The van der Waals surface area contributed by atoms with E-state index < -0.39 is 11.4 Å². The molecular formula is C23H25ClFN5O2. The Hall–Kier alpha value is -2.71. The van der Waals surface area contributed by atoms with Gasteiger partial charge in [0.05, 0.1) is 28.8 Å². The lowest BCUT2D eigenvalue weighted by atomic mass is 9.89. The van der Waals surface area contributed by atoms with Crippen LogP contribution in [0.4, 0.5) is 10.1 Å². The highest BCUT2D eigenvalue weighted by molar-refractivity contribution is 6.31. The molecule has 0 radical (unpaired) electrons. The number of amides is 1. The Kier molecular flexibility index (Phi) is 5.09. The molecule has 2 aliphatic rings. The topological polar surface area (TPSA) is 85.0 Å². The van der Waals surface area contributed by atoms with Crippen molar-refractivity contribution in [2.45, 2.75) is 37.2 Å². The van der Waals surface area contributed by atoms with E-state index in [0.717, 1.165) is 24.1 Å². The van der Waals surface area contributed by atoms with Gasteiger partial charge in [-0.25, -0.2) is 9.37 Å². The Balaban J connectivity index is 1.32. The summed E-state index contributed by atoms with van der Waals surface area (Å²) in [5, 5.41) is 18.2. The van der Waals surface area contributed by atoms with Crippen LogP contribution < -0.4 is 5.32 Å². The van der Waals surface area contributed by atoms with Crippen LogP contribution in [0.25, 0.3) is 0 Å². The van der Waals surface area contributed by atoms with Gasteiger partial charge in [0.25, 0.3) is 5.91 Å². The molecule has 0 spiro atoms. The summed E-state index contributed by atoms with van der Waals surface area (Å²) >= 11 is 5.84. The van der Waals surface area contributed by atoms with Gasteiger partial charge in [-0.3, -0.25) is 9.48 Å². The van der Waals surface area contributed by atoms with Crippen LogP contribution in [0.3, 0.4) is 0 Å². The predicted octanol–water partition coefficient (Wildman–Crippen LogP) is 3.99. The number of nitrogens with zero attached hydrogens (tertiary/aromatic N) is 4. The van der Waals surface area contributed by atoms with Crippen molar-refractivity contribution < 1.29 is 14.3 Å². The third-order valence-corrected chi connectivity index (χ3v) is 7.32. The minimum absolute atomic E-state index is 0.0437. The maximum atomic E-state index is 13.4. The van der Waals surface area contributed by atoms with Gasteiger partial charge >= 0.3 is 0 Å². The first-order chi connectivity index (χ1) is 15.2. The van der Waals surface area contributed by atoms with Crippen molar-refractivity contribution in [3.05, 3.63) is 64.7 Å². The summed E-state index contributed by atoms with van der Waals surface area (Å²) in [7, 11) is 3.65. The van der Waals surface area contributed by atoms with Gasteiger partial charge in [0.15, 0.2) is 0 Å². The number of fused-ring (bicyclic) bond motifs is 1. The van der Waals surface area contributed by atoms with Crippen molar-refractivity contribution in [2.24, 2.45) is 25.9 Å². The SMILES string of the molecule is Cn1cc(C2(O)CC3CC(c4ncn(C)c4C(=O)Nc4ccc(F)c(Cl)c4)CC3C2)cn1. The van der Waals surface area contributed by atoms with Crippen LogP contribution in [0.1, 0.15) is 53.3 Å². The zero-order chi connectivity index (χ0) is 22.6. The van der Waals surface area contributed by atoms with E-state index in [-0.39, 0.29) is 16.8 Å². The first kappa shape index (κ1) is 21.2. The van der Waals surface area contributed by atoms with Crippen molar-refractivity contribution in [3.8, 4) is 0 Å². The number of hydrogen-bond donors (Lipinski definition) is 2. The average Bonchev–Trinajstić information content (AvgIpc) is 3.48. The number of anilines is 1. The second-order valence-electron chi connectivity index (χ2n) is 9.20. The van der Waals surface area contributed by atoms with Crippen molar-refractivity contribution in [3.63, 3.8) is 0 Å². The third kappa shape index (κ3) is 3.61. The number of aryl methyl sites for hydroxylation is 2. The molecule has 2 aliphatic carbocycles. The van der Waals surface area contributed by atoms with E-state index in [1.54, 1.807) is 28.8 Å². The lowest BCUT2D eigenvalue weighted by Gasteiger charge is -2.23. The summed E-state index contributed by atoms with van der Waals surface area (Å²) in [6, 6.07) is 4.10. The van der Waals surface area contributed by atoms with Crippen LogP contribution in [-0.2, 0) is 19.7 Å². The van der Waals surface area contributed by atoms with Crippen molar-refractivity contribution in [1.82, 2.24) is 19.3 Å². The quantitative estimate of drug-likeness (QED) is 0.620. The standard InChI is InChI=1S/C23H25ClFN5O2/c1-29-12-26-20(21(29)22(31)28-17-3-4-19(25)18(24)7-17)13-5-14-8-23(32,9-15(14)6-13)16-10-27-30(2)11-16/h3-4,7,10-15,32H,5-6,8-9H2,1-2H3,(H,28,31). The Labute approximate surface area is 190 Å². The Bertz CT molecular complexity index is 1180. The van der Waals surface area contributed by atoms with Crippen LogP contribution in [0.2, 0.25) is 5.02 Å². The van der Waals surface area contributed by atoms with Crippen molar-refractivity contribution in [2.75, 3.05) is 5.32 Å². The van der Waals surface area contributed by atoms with Crippen LogP contribution in [-0.4, -0.2) is 30.3 Å². The molecule has 2 saturated carbocycles. The van der Waals surface area contributed by atoms with E-state index in [1.807, 2.05) is 13.2 Å². The molecular weight excluding hydrogens is 433 g/mol. The normalized spacial score (nSPS) is 27.0. The Morgan fingerprint density at radius 1 is 1.28 bits per heavy atom. The number of rotatable bonds is 4. The van der Waals surface area contributed by atoms with Gasteiger partial charge < -0.3 is 15.0 Å². The molecule has 2 aromatic heterocycles. The number of carbonyl (C=O) groups is 1. The summed E-state index contributed by atoms with van der Waals surface area (Å²) in [5.74, 6) is 0.0708. The average molecular weight is 458 g/mol. The van der Waals surface area contributed by atoms with E-state index in [0.29, 0.717) is 36.1 Å². The fraction of sp³-hybridized carbons (Fsp3) is 0.435. The number of hydrogen-bond acceptors (Lipinski definition) is 4. The molecule has 2 heterocycles. The van der Waals surface area contributed by atoms with Crippen molar-refractivity contribution in [1.29, 1.82) is 0 Å². The number of imidazole rings is 1. The molecule has 1 aromatic carbocycles. The molecule has 168 valence electrons. The molecule has 7 nitrogen and oxygen atoms in total. The van der Waals surface area contributed by atoms with E-state index in [2.05, 4.69) is 15.4 Å². The van der Waals surface area contributed by atoms with Gasteiger partial charge in [-0.2, -0.15) is 5.10 Å². The highest BCUT2D eigenvalue weighted by atomic mass is 35.5. The molecule has 3 aromatic rings. The van der Waals surface area contributed by atoms with Crippen LogP contribution in [0, 0.1) is 17.7 Å². The number of benzene rings is 1. The molecule has 0 aliphatic heterocycles. The van der Waals surface area contributed by atoms with E-state index in [9.17, 15) is 14.3 Å². The lowest BCUT2D eigenvalue weighted by Crippen LogP contribution is -2.23. The van der Waals surface area contributed by atoms with Gasteiger partial charge in [0.2, 0.25) is 0 Å². The molecule has 0 saturated heterocycles. The third-order valence-electron chi connectivity index (χ3n) is 7.03. The molecule has 2 fully saturated rings. The van der Waals surface area contributed by atoms with Gasteiger partial charge in [-0.1, -0.05) is 11.6 Å². The summed E-state index contributed by atoms with van der Waals surface area (Å²) in [4.78, 5) is 17.6. The fourth-order valence-electron chi connectivity index (χ4n) is 5.57. The molecule has 32 heavy (non-hydrogen) atoms. The maximum absolute atomic E-state index is 13.4. The summed E-state index contributed by atoms with van der Waals surface area (Å²) < 4.78 is 16.9. The Morgan fingerprint density at radius 3 is 2.62 bits per heavy atom. The second kappa shape index (κ2) is 7.71. The van der Waals surface area contributed by atoms with Crippen LogP contribution >= 0.6 is 11.6 Å². The zero-order valence-electron chi connectivity index (χ0n) is 17.9. The van der Waals surface area contributed by atoms with Crippen LogP contribution in [0.5, 0.6) is 0 Å². The highest BCUT2D eigenvalue weighted by Crippen LogP contribution is 2.56. The van der Waals surface area contributed by atoms with Crippen LogP contribution in [0.15, 0.2) is 36.9 Å². The molecule has 1 amide bonds. The summed E-state index contributed by atoms with van der Waals surface area (Å²) in [6.45, 7) is 0. The van der Waals surface area contributed by atoms with Gasteiger partial charge in [0, 0.05) is 37.5 Å². The molecule has 9 heteroatoms. The smallest absolute Gasteiger partial charge is 0.274 e. The molecule has 2 unspecified atom stereocenters. The number of carbonyl (C=O) groups excluding carboxylic acids is 1. The number of halogens is 2. The zero-order valence-corrected chi connectivity index (χ0v) is 18.7. The molecule has 2 atom stereocenters. The second-order valence-corrected chi connectivity index (χ2v) is 9.61. The van der Waals surface area contributed by atoms with Gasteiger partial charge in [0.1, 0.15) is 11.5 Å². The first-order valence-corrected chi connectivity index (χ1v) is 11.1. The summed E-state index contributed by atoms with van der Waals surface area (Å²) in [5.41, 5.74) is 1.75. The Morgan fingerprint density at radius 2 is 2.00 bits per heavy atom. The summed E-state index contributed by atoms with van der Waals surface area (Å²) in [6.07, 6.45) is 8.45.